The molecule has 0 spiro atoms. The molecule has 1 aromatic rings. The summed E-state index contributed by atoms with van der Waals surface area (Å²) in [6.45, 7) is 13.9. The molecule has 1 rings (SSSR count). The van der Waals surface area contributed by atoms with Crippen LogP contribution >= 0.6 is 15.0 Å². The molecule has 0 bridgehead atoms. The molecule has 11 heteroatoms. The molecular weight excluding hydrogens is 478 g/mol. The number of esters is 2. The first kappa shape index (κ1) is 29.5. The van der Waals surface area contributed by atoms with Crippen molar-refractivity contribution < 1.29 is 32.5 Å². The highest BCUT2D eigenvalue weighted by molar-refractivity contribution is 7.72. The average Bonchev–Trinajstić information content (AvgIpc) is 2.85. The number of hydrogen-bond donors (Lipinski definition) is 0. The Morgan fingerprint density at radius 2 is 1.53 bits per heavy atom. The van der Waals surface area contributed by atoms with Crippen molar-refractivity contribution in [3.05, 3.63) is 86.0 Å². The number of rotatable bonds is 16. The van der Waals surface area contributed by atoms with Gasteiger partial charge in [0.05, 0.1) is 14.2 Å². The third-order valence-electron chi connectivity index (χ3n) is 4.75. The molecule has 3 atom stereocenters. The van der Waals surface area contributed by atoms with Crippen LogP contribution < -0.4 is 0 Å². The van der Waals surface area contributed by atoms with E-state index < -0.39 is 39.6 Å². The van der Waals surface area contributed by atoms with Crippen LogP contribution in [0.25, 0.3) is 0 Å². The van der Waals surface area contributed by atoms with Crippen molar-refractivity contribution in [1.82, 2.24) is 9.34 Å². The Hall–Kier alpha value is -2.54. The molecular formula is C23H32N2O7P2. The maximum Gasteiger partial charge on any atom is 0.323 e. The van der Waals surface area contributed by atoms with Crippen LogP contribution in [-0.2, 0) is 38.9 Å². The standard InChI is InChI=1S/C23H32N2O7P2/c1-7-16-24(19-22(26)30-5)33(28,9-3)32-34(29,10-4)25(17-8-2)21(23(27)31-6)18-20-14-12-11-13-15-20/h7-15,21H,1-4,16-19H2,5-6H3/t21-,33+,34-/m0/s1. The van der Waals surface area contributed by atoms with Gasteiger partial charge >= 0.3 is 27.0 Å². The highest BCUT2D eigenvalue weighted by atomic mass is 31.2. The van der Waals surface area contributed by atoms with Crippen molar-refractivity contribution in [2.75, 3.05) is 33.9 Å². The van der Waals surface area contributed by atoms with Gasteiger partial charge in [-0.05, 0) is 12.0 Å². The fourth-order valence-corrected chi connectivity index (χ4v) is 7.71. The number of carbonyl (C=O) groups is 2. The summed E-state index contributed by atoms with van der Waals surface area (Å²) in [5, 5.41) is 0. The SMILES string of the molecule is C=CCN(CC(=O)OC)[P@@](=O)(C=C)O[P@@](=O)(C=C)N(CC=C)[C@@H](Cc1ccccc1)C(=O)OC. The molecule has 0 heterocycles. The molecule has 0 radical (unpaired) electrons. The number of ether oxygens (including phenoxy) is 2. The van der Waals surface area contributed by atoms with E-state index in [1.54, 1.807) is 24.3 Å². The van der Waals surface area contributed by atoms with Gasteiger partial charge in [0.1, 0.15) is 12.6 Å². The quantitative estimate of drug-likeness (QED) is 0.179. The second kappa shape index (κ2) is 14.0. The van der Waals surface area contributed by atoms with Crippen LogP contribution in [0, 0.1) is 0 Å². The third-order valence-corrected chi connectivity index (χ3v) is 9.79. The van der Waals surface area contributed by atoms with Gasteiger partial charge in [-0.3, -0.25) is 18.7 Å². The van der Waals surface area contributed by atoms with E-state index in [-0.39, 0.29) is 19.5 Å². The summed E-state index contributed by atoms with van der Waals surface area (Å²) in [5.74, 6) is 0.604. The van der Waals surface area contributed by atoms with Crippen molar-refractivity contribution in [1.29, 1.82) is 0 Å². The van der Waals surface area contributed by atoms with Gasteiger partial charge in [-0.2, -0.15) is 0 Å². The van der Waals surface area contributed by atoms with E-state index >= 15 is 0 Å². The molecule has 0 amide bonds. The highest BCUT2D eigenvalue weighted by Gasteiger charge is 2.44. The lowest BCUT2D eigenvalue weighted by Gasteiger charge is -2.36. The molecule has 0 saturated carbocycles. The second-order valence-corrected chi connectivity index (χ2v) is 11.6. The molecule has 0 N–H and O–H groups in total. The molecule has 0 fully saturated rings. The summed E-state index contributed by atoms with van der Waals surface area (Å²) in [7, 11) is -5.91. The maximum absolute atomic E-state index is 14.1. The van der Waals surface area contributed by atoms with E-state index in [4.69, 9.17) is 9.05 Å². The summed E-state index contributed by atoms with van der Waals surface area (Å²) in [4.78, 5) is 24.7. The average molecular weight is 510 g/mol. The number of benzene rings is 1. The first-order valence-corrected chi connectivity index (χ1v) is 13.5. The Morgan fingerprint density at radius 3 is 2.00 bits per heavy atom. The monoisotopic (exact) mass is 510 g/mol. The smallest absolute Gasteiger partial charge is 0.323 e. The van der Waals surface area contributed by atoms with Crippen molar-refractivity contribution in [3.63, 3.8) is 0 Å². The van der Waals surface area contributed by atoms with Crippen molar-refractivity contribution in [2.24, 2.45) is 0 Å². The Bertz CT molecular complexity index is 981. The van der Waals surface area contributed by atoms with E-state index in [1.165, 1.54) is 31.0 Å². The Morgan fingerprint density at radius 1 is 0.941 bits per heavy atom. The summed E-state index contributed by atoms with van der Waals surface area (Å²) in [5.41, 5.74) is 0.772. The van der Waals surface area contributed by atoms with Crippen LogP contribution in [0.5, 0.6) is 0 Å². The molecule has 9 nitrogen and oxygen atoms in total. The molecule has 0 aliphatic rings. The lowest BCUT2D eigenvalue weighted by atomic mass is 10.1. The second-order valence-electron chi connectivity index (χ2n) is 6.93. The van der Waals surface area contributed by atoms with Crippen LogP contribution in [-0.4, -0.2) is 61.2 Å². The Balaban J connectivity index is 3.52. The van der Waals surface area contributed by atoms with Gasteiger partial charge < -0.3 is 9.47 Å². The first-order chi connectivity index (χ1) is 16.1. The molecule has 0 aliphatic carbocycles. The predicted molar refractivity (Wildman–Crippen MR) is 133 cm³/mol. The van der Waals surface area contributed by atoms with Crippen LogP contribution in [0.15, 0.2) is 80.4 Å². The van der Waals surface area contributed by atoms with Crippen LogP contribution in [0.2, 0.25) is 0 Å². The van der Waals surface area contributed by atoms with Gasteiger partial charge in [0.25, 0.3) is 0 Å². The fourth-order valence-electron chi connectivity index (χ4n) is 3.04. The van der Waals surface area contributed by atoms with Gasteiger partial charge in [0.15, 0.2) is 0 Å². The van der Waals surface area contributed by atoms with Crippen molar-refractivity contribution in [3.8, 4) is 0 Å². The normalized spacial score (nSPS) is 15.4. The maximum atomic E-state index is 14.1. The number of carbonyl (C=O) groups excluding carboxylic acids is 2. The molecule has 0 unspecified atom stereocenters. The van der Waals surface area contributed by atoms with E-state index in [2.05, 4.69) is 31.1 Å². The minimum Gasteiger partial charge on any atom is -0.468 e. The number of nitrogens with zero attached hydrogens (tertiary/aromatic N) is 2. The third kappa shape index (κ3) is 7.76. The Kier molecular flexibility index (Phi) is 12.1. The summed E-state index contributed by atoms with van der Waals surface area (Å²) < 4.78 is 45.6. The van der Waals surface area contributed by atoms with Crippen molar-refractivity contribution >= 4 is 27.0 Å². The topological polar surface area (TPSA) is 102 Å². The largest absolute Gasteiger partial charge is 0.468 e. The lowest BCUT2D eigenvalue weighted by molar-refractivity contribution is -0.145. The predicted octanol–water partition coefficient (Wildman–Crippen LogP) is 4.61. The molecule has 34 heavy (non-hydrogen) atoms. The molecule has 1 aromatic carbocycles. The summed E-state index contributed by atoms with van der Waals surface area (Å²) in [6.07, 6.45) is 2.95. The molecule has 186 valence electrons. The zero-order chi connectivity index (χ0) is 25.8. The minimum atomic E-state index is -4.19. The zero-order valence-corrected chi connectivity index (χ0v) is 21.4. The number of hydrogen-bond acceptors (Lipinski definition) is 7. The van der Waals surface area contributed by atoms with Crippen LogP contribution in [0.1, 0.15) is 5.56 Å². The van der Waals surface area contributed by atoms with Crippen LogP contribution in [0.3, 0.4) is 0 Å². The van der Waals surface area contributed by atoms with E-state index in [1.807, 2.05) is 6.07 Å². The van der Waals surface area contributed by atoms with Gasteiger partial charge in [-0.25, -0.2) is 13.7 Å². The summed E-state index contributed by atoms with van der Waals surface area (Å²) in [6, 6.07) is 7.96. The lowest BCUT2D eigenvalue weighted by Crippen LogP contribution is -2.41. The molecule has 0 aromatic heterocycles. The van der Waals surface area contributed by atoms with E-state index in [0.717, 1.165) is 21.9 Å². The van der Waals surface area contributed by atoms with Crippen LogP contribution in [0.4, 0.5) is 0 Å². The summed E-state index contributed by atoms with van der Waals surface area (Å²) >= 11 is 0. The minimum absolute atomic E-state index is 0.0541. The Labute approximate surface area is 201 Å². The van der Waals surface area contributed by atoms with E-state index in [9.17, 15) is 18.7 Å². The van der Waals surface area contributed by atoms with Gasteiger partial charge in [0, 0.05) is 24.7 Å². The van der Waals surface area contributed by atoms with Crippen molar-refractivity contribution in [2.45, 2.75) is 12.5 Å². The van der Waals surface area contributed by atoms with Gasteiger partial charge in [-0.15, -0.1) is 13.2 Å². The van der Waals surface area contributed by atoms with E-state index in [0.29, 0.717) is 0 Å². The molecule has 0 saturated heterocycles. The fraction of sp³-hybridized carbons (Fsp3) is 0.304. The molecule has 0 aliphatic heterocycles. The highest BCUT2D eigenvalue weighted by Crippen LogP contribution is 2.68. The number of methoxy groups -OCH3 is 2. The zero-order valence-electron chi connectivity index (χ0n) is 19.6. The van der Waals surface area contributed by atoms with Gasteiger partial charge in [0.2, 0.25) is 0 Å². The first-order valence-electron chi connectivity index (χ1n) is 10.3. The van der Waals surface area contributed by atoms with Gasteiger partial charge in [-0.1, -0.05) is 55.6 Å².